The summed E-state index contributed by atoms with van der Waals surface area (Å²) < 4.78 is 0. The first kappa shape index (κ1) is 16.7. The molecule has 132 valence electrons. The molecular formula is C22H26O3. The molecule has 1 fully saturated rings. The van der Waals surface area contributed by atoms with Gasteiger partial charge in [-0.25, -0.2) is 0 Å². The number of carbonyl (C=O) groups is 2. The fourth-order valence-corrected chi connectivity index (χ4v) is 5.99. The lowest BCUT2D eigenvalue weighted by Gasteiger charge is -2.51. The molecule has 1 saturated carbocycles. The molecule has 0 aliphatic heterocycles. The molecule has 0 bridgehead atoms. The van der Waals surface area contributed by atoms with Gasteiger partial charge < -0.3 is 5.11 Å². The van der Waals surface area contributed by atoms with Crippen LogP contribution in [0.2, 0.25) is 0 Å². The Balaban J connectivity index is 1.79. The summed E-state index contributed by atoms with van der Waals surface area (Å²) >= 11 is 0. The van der Waals surface area contributed by atoms with Crippen molar-refractivity contribution in [3.63, 3.8) is 0 Å². The van der Waals surface area contributed by atoms with E-state index in [-0.39, 0.29) is 34.9 Å². The number of Topliss-reactive ketones (excluding diaryl/α,β-unsaturated/α-hetero) is 1. The molecule has 4 aliphatic carbocycles. The number of aliphatic hydroxyl groups excluding tert-OH is 1. The number of aliphatic hydroxyl groups is 1. The fraction of sp³-hybridized carbons (Fsp3) is 0.545. The maximum atomic E-state index is 12.3. The molecule has 0 heterocycles. The van der Waals surface area contributed by atoms with Crippen LogP contribution >= 0.6 is 0 Å². The molecule has 25 heavy (non-hydrogen) atoms. The standard InChI is InChI=1S/C22H26O3/c1-13-10-15(24)11-14-4-5-16-17-6-7-19(20(25)12-23)21(17,2)9-8-18(16)22(13,14)3/h4-5,8,10-11,16-17,19,23H,6-7,9,12H2,1-3H3/t16-,17-,19+,21-,22-/m0/s1. The minimum absolute atomic E-state index is 0.00669. The van der Waals surface area contributed by atoms with Crippen LogP contribution in [0.5, 0.6) is 0 Å². The number of rotatable bonds is 2. The third-order valence-electron chi connectivity index (χ3n) is 7.59. The monoisotopic (exact) mass is 338 g/mol. The first-order chi connectivity index (χ1) is 11.8. The van der Waals surface area contributed by atoms with E-state index in [4.69, 9.17) is 0 Å². The van der Waals surface area contributed by atoms with Gasteiger partial charge in [-0.2, -0.15) is 0 Å². The van der Waals surface area contributed by atoms with Crippen LogP contribution in [-0.4, -0.2) is 23.3 Å². The summed E-state index contributed by atoms with van der Waals surface area (Å²) in [6.07, 6.45) is 13.0. The van der Waals surface area contributed by atoms with E-state index in [1.807, 2.05) is 0 Å². The highest BCUT2D eigenvalue weighted by Crippen LogP contribution is 2.63. The maximum absolute atomic E-state index is 12.3. The summed E-state index contributed by atoms with van der Waals surface area (Å²) in [7, 11) is 0. The molecule has 5 atom stereocenters. The van der Waals surface area contributed by atoms with E-state index in [0.717, 1.165) is 30.4 Å². The quantitative estimate of drug-likeness (QED) is 0.783. The summed E-state index contributed by atoms with van der Waals surface area (Å²) in [5.74, 6) is 0.765. The third-order valence-corrected chi connectivity index (χ3v) is 7.59. The Morgan fingerprint density at radius 1 is 1.28 bits per heavy atom. The Bertz CT molecular complexity index is 781. The number of hydrogen-bond donors (Lipinski definition) is 1. The molecule has 4 rings (SSSR count). The summed E-state index contributed by atoms with van der Waals surface area (Å²) in [6.45, 7) is 6.17. The summed E-state index contributed by atoms with van der Waals surface area (Å²) in [6, 6.07) is 0. The van der Waals surface area contributed by atoms with Crippen molar-refractivity contribution in [2.75, 3.05) is 6.61 Å². The summed E-state index contributed by atoms with van der Waals surface area (Å²) in [5, 5.41) is 9.36. The predicted molar refractivity (Wildman–Crippen MR) is 96.7 cm³/mol. The average molecular weight is 338 g/mol. The van der Waals surface area contributed by atoms with Gasteiger partial charge in [-0.3, -0.25) is 9.59 Å². The van der Waals surface area contributed by atoms with Crippen LogP contribution in [0.3, 0.4) is 0 Å². The van der Waals surface area contributed by atoms with Gasteiger partial charge in [0.15, 0.2) is 11.6 Å². The Hall–Kier alpha value is -1.74. The lowest BCUT2D eigenvalue weighted by Crippen LogP contribution is -2.44. The van der Waals surface area contributed by atoms with Crippen LogP contribution in [0.25, 0.3) is 0 Å². The van der Waals surface area contributed by atoms with E-state index in [9.17, 15) is 14.7 Å². The second-order valence-electron chi connectivity index (χ2n) is 8.57. The highest BCUT2D eigenvalue weighted by atomic mass is 16.3. The summed E-state index contributed by atoms with van der Waals surface area (Å²) in [5.41, 5.74) is 3.32. The maximum Gasteiger partial charge on any atom is 0.178 e. The van der Waals surface area contributed by atoms with Crippen molar-refractivity contribution in [2.24, 2.45) is 28.6 Å². The molecule has 0 aromatic carbocycles. The van der Waals surface area contributed by atoms with Crippen LogP contribution in [0.1, 0.15) is 40.0 Å². The highest BCUT2D eigenvalue weighted by Gasteiger charge is 2.56. The van der Waals surface area contributed by atoms with Gasteiger partial charge in [0, 0.05) is 17.3 Å². The van der Waals surface area contributed by atoms with Crippen LogP contribution in [0.15, 0.2) is 47.1 Å². The zero-order valence-electron chi connectivity index (χ0n) is 15.2. The van der Waals surface area contributed by atoms with Gasteiger partial charge >= 0.3 is 0 Å². The number of ketones is 2. The van der Waals surface area contributed by atoms with E-state index in [0.29, 0.717) is 11.8 Å². The molecule has 0 aromatic heterocycles. The lowest BCUT2D eigenvalue weighted by molar-refractivity contribution is -0.129. The predicted octanol–water partition coefficient (Wildman–Crippen LogP) is 3.56. The van der Waals surface area contributed by atoms with Crippen LogP contribution in [0.4, 0.5) is 0 Å². The van der Waals surface area contributed by atoms with Gasteiger partial charge in [0.25, 0.3) is 0 Å². The van der Waals surface area contributed by atoms with Gasteiger partial charge in [0.1, 0.15) is 6.61 Å². The van der Waals surface area contributed by atoms with E-state index in [1.54, 1.807) is 12.2 Å². The second-order valence-corrected chi connectivity index (χ2v) is 8.57. The molecule has 0 aromatic rings. The molecule has 4 aliphatic rings. The van der Waals surface area contributed by atoms with Gasteiger partial charge in [0.2, 0.25) is 0 Å². The molecule has 3 nitrogen and oxygen atoms in total. The highest BCUT2D eigenvalue weighted by molar-refractivity contribution is 6.02. The van der Waals surface area contributed by atoms with Gasteiger partial charge in [0.05, 0.1) is 0 Å². The van der Waals surface area contributed by atoms with E-state index < -0.39 is 0 Å². The van der Waals surface area contributed by atoms with Crippen molar-refractivity contribution in [3.05, 3.63) is 47.1 Å². The molecule has 0 spiro atoms. The number of fused-ring (bicyclic) bond motifs is 5. The topological polar surface area (TPSA) is 54.4 Å². The lowest BCUT2D eigenvalue weighted by atomic mass is 9.52. The van der Waals surface area contributed by atoms with Crippen molar-refractivity contribution < 1.29 is 14.7 Å². The van der Waals surface area contributed by atoms with Gasteiger partial charge in [-0.05, 0) is 62.2 Å². The first-order valence-electron chi connectivity index (χ1n) is 9.29. The van der Waals surface area contributed by atoms with Crippen molar-refractivity contribution in [2.45, 2.75) is 40.0 Å². The Kier molecular flexibility index (Phi) is 3.59. The normalized spacial score (nSPS) is 42.0. The zero-order chi connectivity index (χ0) is 18.0. The zero-order valence-corrected chi connectivity index (χ0v) is 15.2. The van der Waals surface area contributed by atoms with Gasteiger partial charge in [-0.15, -0.1) is 0 Å². The van der Waals surface area contributed by atoms with Crippen molar-refractivity contribution >= 4 is 11.6 Å². The van der Waals surface area contributed by atoms with E-state index in [2.05, 4.69) is 39.0 Å². The largest absolute Gasteiger partial charge is 0.389 e. The first-order valence-corrected chi connectivity index (χ1v) is 9.29. The smallest absolute Gasteiger partial charge is 0.178 e. The minimum atomic E-state index is -0.349. The molecule has 0 radical (unpaired) electrons. The van der Waals surface area contributed by atoms with Crippen molar-refractivity contribution in [1.82, 2.24) is 0 Å². The average Bonchev–Trinajstić information content (AvgIpc) is 2.93. The second kappa shape index (κ2) is 5.38. The number of hydrogen-bond acceptors (Lipinski definition) is 3. The molecular weight excluding hydrogens is 312 g/mol. The Morgan fingerprint density at radius 2 is 2.04 bits per heavy atom. The third kappa shape index (κ3) is 2.08. The Morgan fingerprint density at radius 3 is 2.76 bits per heavy atom. The SMILES string of the molecule is CC1=CC(=O)C=C2C=C[C@@H]3C(=CC[C@]4(C)[C@@H](C(=O)CO)CC[C@@H]34)[C@@]12C. The molecule has 1 N–H and O–H groups in total. The van der Waals surface area contributed by atoms with Crippen molar-refractivity contribution in [1.29, 1.82) is 0 Å². The molecule has 3 heteroatoms. The number of carbonyl (C=O) groups excluding carboxylic acids is 2. The number of allylic oxidation sites excluding steroid dienone is 8. The van der Waals surface area contributed by atoms with E-state index >= 15 is 0 Å². The van der Waals surface area contributed by atoms with Crippen LogP contribution in [0, 0.1) is 28.6 Å². The van der Waals surface area contributed by atoms with E-state index in [1.165, 1.54) is 5.57 Å². The summed E-state index contributed by atoms with van der Waals surface area (Å²) in [4.78, 5) is 24.2. The molecule has 0 unspecified atom stereocenters. The van der Waals surface area contributed by atoms with Crippen LogP contribution in [-0.2, 0) is 9.59 Å². The van der Waals surface area contributed by atoms with Crippen molar-refractivity contribution in [3.8, 4) is 0 Å². The fourth-order valence-electron chi connectivity index (χ4n) is 5.99. The Labute approximate surface area is 149 Å². The molecule has 0 amide bonds. The minimum Gasteiger partial charge on any atom is -0.389 e. The van der Waals surface area contributed by atoms with Gasteiger partial charge in [-0.1, -0.05) is 36.3 Å². The van der Waals surface area contributed by atoms with Crippen LogP contribution < -0.4 is 0 Å². The molecule has 0 saturated heterocycles.